The fourth-order valence-corrected chi connectivity index (χ4v) is 10.7. The highest BCUT2D eigenvalue weighted by molar-refractivity contribution is 5.95. The molecule has 15 heteroatoms. The summed E-state index contributed by atoms with van der Waals surface area (Å²) in [6.45, 7) is 17.4. The molecule has 4 heterocycles. The minimum absolute atomic E-state index is 0.0145. The maximum atomic E-state index is 15.5. The van der Waals surface area contributed by atoms with Crippen LogP contribution in [0.5, 0.6) is 0 Å². The highest BCUT2D eigenvalue weighted by Gasteiger charge is 2.42. The number of likely N-dealkylation sites (N-methyl/N-ethyl adjacent to an activating group) is 2. The van der Waals surface area contributed by atoms with Crippen molar-refractivity contribution in [3.63, 3.8) is 0 Å². The maximum absolute atomic E-state index is 15.5. The van der Waals surface area contributed by atoms with Crippen LogP contribution in [0.2, 0.25) is 0 Å². The Morgan fingerprint density at radius 2 is 1.51 bits per heavy atom. The average Bonchev–Trinajstić information content (AvgIpc) is 4.17. The molecule has 1 aromatic heterocycles. The second-order valence-corrected chi connectivity index (χ2v) is 20.6. The topological polar surface area (TPSA) is 138 Å². The monoisotopic (exact) mass is 988 g/mol. The number of para-hydroxylation sites is 2. The van der Waals surface area contributed by atoms with Gasteiger partial charge in [0.2, 0.25) is 17.2 Å². The number of fused-ring (bicyclic) bond motifs is 3. The van der Waals surface area contributed by atoms with Crippen molar-refractivity contribution in [2.24, 2.45) is 0 Å². The number of amides is 2. The number of halogens is 1. The molecule has 4 aromatic rings. The first-order valence-corrected chi connectivity index (χ1v) is 26.0. The quantitative estimate of drug-likeness (QED) is 0.0561. The van der Waals surface area contributed by atoms with Crippen LogP contribution in [-0.2, 0) is 34.6 Å². The van der Waals surface area contributed by atoms with E-state index in [0.29, 0.717) is 50.3 Å². The molecule has 0 radical (unpaired) electrons. The lowest BCUT2D eigenvalue weighted by Gasteiger charge is -2.35. The summed E-state index contributed by atoms with van der Waals surface area (Å²) in [6.07, 6.45) is 12.6. The average molecular weight is 988 g/mol. The van der Waals surface area contributed by atoms with Crippen LogP contribution < -0.4 is 30.8 Å². The van der Waals surface area contributed by atoms with E-state index in [0.717, 1.165) is 51.9 Å². The van der Waals surface area contributed by atoms with Gasteiger partial charge in [0.25, 0.3) is 0 Å². The molecular formula is C57H74FN7O7. The zero-order valence-electron chi connectivity index (χ0n) is 43.1. The highest BCUT2D eigenvalue weighted by Crippen LogP contribution is 2.48. The zero-order valence-corrected chi connectivity index (χ0v) is 43.1. The van der Waals surface area contributed by atoms with E-state index in [1.54, 1.807) is 12.3 Å². The Morgan fingerprint density at radius 3 is 2.25 bits per heavy atom. The maximum Gasteiger partial charge on any atom is 0.343 e. The minimum Gasteiger partial charge on any atom is -0.462 e. The molecule has 0 bridgehead atoms. The van der Waals surface area contributed by atoms with Gasteiger partial charge in [-0.15, -0.1) is 0 Å². The summed E-state index contributed by atoms with van der Waals surface area (Å²) in [5, 5.41) is 5.84. The molecule has 2 N–H and O–H groups in total. The van der Waals surface area contributed by atoms with Crippen molar-refractivity contribution in [1.82, 2.24) is 20.1 Å². The number of nitrogens with one attached hydrogen (secondary N) is 2. The molecule has 72 heavy (non-hydrogen) atoms. The molecule has 3 aliphatic heterocycles. The summed E-state index contributed by atoms with van der Waals surface area (Å²) >= 11 is 0. The highest BCUT2D eigenvalue weighted by atomic mass is 19.1. The van der Waals surface area contributed by atoms with Gasteiger partial charge >= 0.3 is 5.97 Å². The zero-order chi connectivity index (χ0) is 51.0. The van der Waals surface area contributed by atoms with Gasteiger partial charge in [0.05, 0.1) is 43.7 Å². The summed E-state index contributed by atoms with van der Waals surface area (Å²) in [6, 6.07) is 20.7. The Morgan fingerprint density at radius 1 is 0.806 bits per heavy atom. The third-order valence-corrected chi connectivity index (χ3v) is 15.0. The molecule has 1 unspecified atom stereocenters. The van der Waals surface area contributed by atoms with E-state index in [1.165, 1.54) is 34.3 Å². The van der Waals surface area contributed by atoms with E-state index >= 15 is 4.39 Å². The van der Waals surface area contributed by atoms with Crippen LogP contribution in [0.1, 0.15) is 101 Å². The van der Waals surface area contributed by atoms with Gasteiger partial charge in [0.15, 0.2) is 0 Å². The van der Waals surface area contributed by atoms with Crippen molar-refractivity contribution in [3.8, 4) is 0 Å². The summed E-state index contributed by atoms with van der Waals surface area (Å²) in [5.41, 5.74) is 6.67. The Labute approximate surface area is 424 Å². The number of piperazine rings is 1. The van der Waals surface area contributed by atoms with E-state index in [1.807, 2.05) is 9.47 Å². The predicted octanol–water partition coefficient (Wildman–Crippen LogP) is 7.63. The Bertz CT molecular complexity index is 2700. The summed E-state index contributed by atoms with van der Waals surface area (Å²) < 4.78 is 33.9. The Hall–Kier alpha value is -6.03. The number of esters is 1. The van der Waals surface area contributed by atoms with Gasteiger partial charge in [0, 0.05) is 105 Å². The number of benzene rings is 3. The molecule has 3 aromatic carbocycles. The van der Waals surface area contributed by atoms with E-state index in [2.05, 4.69) is 134 Å². The summed E-state index contributed by atoms with van der Waals surface area (Å²) in [5.74, 6) is -1.59. The third kappa shape index (κ3) is 11.7. The number of hydrogen-bond acceptors (Lipinski definition) is 11. The van der Waals surface area contributed by atoms with Gasteiger partial charge < -0.3 is 49.0 Å². The second kappa shape index (κ2) is 23.2. The van der Waals surface area contributed by atoms with Gasteiger partial charge in [0.1, 0.15) is 18.0 Å². The van der Waals surface area contributed by atoms with Crippen molar-refractivity contribution in [3.05, 3.63) is 124 Å². The van der Waals surface area contributed by atoms with E-state index < -0.39 is 17.2 Å². The number of carbonyl (C=O) groups excluding carboxylic acids is 3. The molecule has 1 atom stereocenters. The number of unbranched alkanes of at least 4 members (excludes halogenated alkanes) is 1. The molecule has 2 fully saturated rings. The normalized spacial score (nSPS) is 18.8. The molecule has 1 saturated heterocycles. The van der Waals surface area contributed by atoms with Crippen molar-refractivity contribution in [2.45, 2.75) is 96.1 Å². The first kappa shape index (κ1) is 52.3. The number of pyridine rings is 1. The summed E-state index contributed by atoms with van der Waals surface area (Å²) in [7, 11) is 2.18. The first-order valence-electron chi connectivity index (χ1n) is 26.0. The van der Waals surface area contributed by atoms with E-state index in [9.17, 15) is 19.2 Å². The molecule has 14 nitrogen and oxygen atoms in total. The smallest absolute Gasteiger partial charge is 0.343 e. The lowest BCUT2D eigenvalue weighted by Crippen LogP contribution is -2.46. The van der Waals surface area contributed by atoms with Crippen LogP contribution >= 0.6 is 0 Å². The van der Waals surface area contributed by atoms with Crippen molar-refractivity contribution in [2.75, 3.05) is 107 Å². The number of aromatic nitrogens is 1. The van der Waals surface area contributed by atoms with Gasteiger partial charge in [-0.25, -0.2) is 9.18 Å². The molecule has 386 valence electrons. The number of allylic oxidation sites excluding steroid dienone is 3. The standard InChI is InChI=1S/C57H74FN7O7/c1-7-62-28-30-63(31-29-62)49-37-48-41(36-45(49)58)54(68)42(38-65(48)40-23-24-40)55(69)72-32-15-25-59-53(67)39-71-35-34-70-33-26-60-52(66)22-12-13-27-64-47-19-11-9-17-44(47)57(4,5)51(64)21-14-20-50-56(2,3)43-16-8-10-18-46(43)61(50)6/h8-11,14,16-21,36-38,40,50H,7,12-13,15,22-35,39H2,1-6H3,(H,59,67)(H,60,66)/b20-14+,51-21+. The van der Waals surface area contributed by atoms with Crippen LogP contribution in [0, 0.1) is 5.82 Å². The molecule has 2 amide bonds. The number of carbonyl (C=O) groups is 3. The molecular weight excluding hydrogens is 914 g/mol. The Kier molecular flexibility index (Phi) is 16.9. The number of ether oxygens (including phenoxy) is 3. The predicted molar refractivity (Wildman–Crippen MR) is 283 cm³/mol. The molecule has 8 rings (SSSR count). The largest absolute Gasteiger partial charge is 0.462 e. The number of hydrogen-bond donors (Lipinski definition) is 2. The molecule has 4 aliphatic rings. The minimum atomic E-state index is -0.773. The molecule has 1 saturated carbocycles. The fraction of sp³-hybridized carbons (Fsp3) is 0.509. The lowest BCUT2D eigenvalue weighted by molar-refractivity contribution is -0.126. The van der Waals surface area contributed by atoms with Crippen LogP contribution in [-0.4, -0.2) is 126 Å². The summed E-state index contributed by atoms with van der Waals surface area (Å²) in [4.78, 5) is 60.8. The first-order chi connectivity index (χ1) is 34.7. The van der Waals surface area contributed by atoms with Crippen LogP contribution in [0.15, 0.2) is 95.6 Å². The van der Waals surface area contributed by atoms with Gasteiger partial charge in [-0.2, -0.15) is 0 Å². The number of rotatable bonds is 23. The van der Waals surface area contributed by atoms with Crippen molar-refractivity contribution in [1.29, 1.82) is 0 Å². The van der Waals surface area contributed by atoms with Crippen LogP contribution in [0.4, 0.5) is 21.5 Å². The van der Waals surface area contributed by atoms with E-state index in [-0.39, 0.29) is 78.6 Å². The van der Waals surface area contributed by atoms with Crippen molar-refractivity contribution >= 4 is 45.7 Å². The van der Waals surface area contributed by atoms with E-state index in [4.69, 9.17) is 14.2 Å². The second-order valence-electron chi connectivity index (χ2n) is 20.6. The van der Waals surface area contributed by atoms with Gasteiger partial charge in [-0.3, -0.25) is 14.4 Å². The van der Waals surface area contributed by atoms with Crippen LogP contribution in [0.3, 0.4) is 0 Å². The van der Waals surface area contributed by atoms with Crippen molar-refractivity contribution < 1.29 is 33.0 Å². The SMILES string of the molecule is CCN1CCN(c2cc3c(cc2F)c(=O)c(C(=O)OCCCNC(=O)COCCOCCNC(=O)CCCCN2/C(=C/C=C/C4N(C)c5ccccc5C4(C)C)C(C)(C)c4ccccc42)cn3C2CC2)CC1. The lowest BCUT2D eigenvalue weighted by atomic mass is 9.80. The van der Waals surface area contributed by atoms with Crippen LogP contribution in [0.25, 0.3) is 10.9 Å². The Balaban J connectivity index is 0.685. The number of anilines is 3. The van der Waals surface area contributed by atoms with Gasteiger partial charge in [-0.1, -0.05) is 83.2 Å². The fourth-order valence-electron chi connectivity index (χ4n) is 10.7. The van der Waals surface area contributed by atoms with Gasteiger partial charge in [-0.05, 0) is 80.1 Å². The molecule has 1 aliphatic carbocycles. The number of nitrogens with zero attached hydrogens (tertiary/aromatic N) is 5. The molecule has 0 spiro atoms. The third-order valence-electron chi connectivity index (χ3n) is 15.0.